The number of hydrogen-bond donors (Lipinski definition) is 2. The van der Waals surface area contributed by atoms with Crippen LogP contribution < -0.4 is 11.1 Å². The van der Waals surface area contributed by atoms with Crippen molar-refractivity contribution in [1.82, 2.24) is 4.90 Å². The van der Waals surface area contributed by atoms with Gasteiger partial charge in [-0.1, -0.05) is 36.4 Å². The van der Waals surface area contributed by atoms with Gasteiger partial charge in [0.1, 0.15) is 0 Å². The third-order valence-corrected chi connectivity index (χ3v) is 5.63. The molecule has 3 aromatic rings. The number of fused-ring (bicyclic) bond motifs is 1. The molecule has 2 amide bonds. The smallest absolute Gasteiger partial charge is 0.369 e. The lowest BCUT2D eigenvalue weighted by Gasteiger charge is -2.28. The number of carbonyl (C=O) groups excluding carboxylic acids is 2. The van der Waals surface area contributed by atoms with E-state index in [-0.39, 0.29) is 18.4 Å². The van der Waals surface area contributed by atoms with Crippen LogP contribution in [0.4, 0.5) is 18.9 Å². The molecule has 1 heterocycles. The van der Waals surface area contributed by atoms with Gasteiger partial charge in [0.15, 0.2) is 0 Å². The third kappa shape index (κ3) is 5.23. The van der Waals surface area contributed by atoms with Crippen molar-refractivity contribution in [3.8, 4) is 11.1 Å². The molecular weight excluding hydrogens is 431 g/mol. The Balaban J connectivity index is 1.53. The van der Waals surface area contributed by atoms with Crippen molar-refractivity contribution in [3.63, 3.8) is 0 Å². The molecule has 8 heteroatoms. The standard InChI is InChI=1S/C25H22F3N3O2/c26-25(27,28)19-8-5-16(6-9-19)21-3-1-2-4-22(21)24(33)30-20-10-7-18-14-31(15-23(29)32)12-11-17(18)13-20/h1-10,13H,11-12,14-15H2,(H2,29,32)(H,30,33). The highest BCUT2D eigenvalue weighted by molar-refractivity contribution is 6.08. The quantitative estimate of drug-likeness (QED) is 0.599. The summed E-state index contributed by atoms with van der Waals surface area (Å²) in [5.74, 6) is -0.717. The van der Waals surface area contributed by atoms with E-state index in [9.17, 15) is 22.8 Å². The van der Waals surface area contributed by atoms with Gasteiger partial charge in [-0.05, 0) is 59.0 Å². The molecule has 1 aliphatic heterocycles. The average molecular weight is 453 g/mol. The number of alkyl halides is 3. The summed E-state index contributed by atoms with van der Waals surface area (Å²) in [5.41, 5.74) is 8.76. The second-order valence-corrected chi connectivity index (χ2v) is 7.99. The number of nitrogens with two attached hydrogens (primary N) is 1. The van der Waals surface area contributed by atoms with Crippen LogP contribution in [-0.2, 0) is 23.9 Å². The van der Waals surface area contributed by atoms with E-state index in [1.54, 1.807) is 30.3 Å². The Labute approximate surface area is 189 Å². The average Bonchev–Trinajstić information content (AvgIpc) is 2.78. The van der Waals surface area contributed by atoms with Crippen LogP contribution in [0.2, 0.25) is 0 Å². The van der Waals surface area contributed by atoms with Crippen molar-refractivity contribution in [2.75, 3.05) is 18.4 Å². The maximum Gasteiger partial charge on any atom is 0.416 e. The van der Waals surface area contributed by atoms with E-state index in [0.29, 0.717) is 35.5 Å². The molecule has 3 aromatic carbocycles. The molecule has 33 heavy (non-hydrogen) atoms. The summed E-state index contributed by atoms with van der Waals surface area (Å²) < 4.78 is 38.6. The van der Waals surface area contributed by atoms with E-state index >= 15 is 0 Å². The summed E-state index contributed by atoms with van der Waals surface area (Å²) in [5, 5.41) is 2.89. The minimum atomic E-state index is -4.42. The fraction of sp³-hybridized carbons (Fsp3) is 0.200. The van der Waals surface area contributed by atoms with Crippen molar-refractivity contribution in [3.05, 3.63) is 89.0 Å². The zero-order valence-electron chi connectivity index (χ0n) is 17.7. The molecule has 3 N–H and O–H groups in total. The number of rotatable bonds is 5. The predicted molar refractivity (Wildman–Crippen MR) is 119 cm³/mol. The molecule has 0 bridgehead atoms. The number of hydrogen-bond acceptors (Lipinski definition) is 3. The Kier molecular flexibility index (Phi) is 6.20. The number of amides is 2. The molecule has 0 fully saturated rings. The van der Waals surface area contributed by atoms with Crippen molar-refractivity contribution in [2.24, 2.45) is 5.73 Å². The molecule has 0 atom stereocenters. The van der Waals surface area contributed by atoms with E-state index in [4.69, 9.17) is 5.73 Å². The van der Waals surface area contributed by atoms with E-state index < -0.39 is 11.7 Å². The molecule has 4 rings (SSSR count). The number of benzene rings is 3. The van der Waals surface area contributed by atoms with Crippen LogP contribution in [0, 0.1) is 0 Å². The molecule has 0 aromatic heterocycles. The predicted octanol–water partition coefficient (Wildman–Crippen LogP) is 4.47. The number of nitrogens with zero attached hydrogens (tertiary/aromatic N) is 1. The number of nitrogens with one attached hydrogen (secondary N) is 1. The Morgan fingerprint density at radius 1 is 0.970 bits per heavy atom. The molecule has 0 aliphatic carbocycles. The molecular formula is C25H22F3N3O2. The first-order chi connectivity index (χ1) is 15.7. The maximum absolute atomic E-state index is 13.0. The molecule has 1 aliphatic rings. The Morgan fingerprint density at radius 2 is 1.70 bits per heavy atom. The molecule has 170 valence electrons. The van der Waals surface area contributed by atoms with Gasteiger partial charge < -0.3 is 11.1 Å². The van der Waals surface area contributed by atoms with Crippen LogP contribution in [0.5, 0.6) is 0 Å². The van der Waals surface area contributed by atoms with Crippen molar-refractivity contribution < 1.29 is 22.8 Å². The summed E-state index contributed by atoms with van der Waals surface area (Å²) in [6.45, 7) is 1.52. The van der Waals surface area contributed by atoms with Crippen molar-refractivity contribution >= 4 is 17.5 Å². The first-order valence-corrected chi connectivity index (χ1v) is 10.4. The minimum absolute atomic E-state index is 0.207. The summed E-state index contributed by atoms with van der Waals surface area (Å²) >= 11 is 0. The third-order valence-electron chi connectivity index (χ3n) is 5.63. The number of halogens is 3. The maximum atomic E-state index is 13.0. The molecule has 0 saturated heterocycles. The van der Waals surface area contributed by atoms with Crippen molar-refractivity contribution in [1.29, 1.82) is 0 Å². The van der Waals surface area contributed by atoms with Crippen LogP contribution in [0.1, 0.15) is 27.0 Å². The fourth-order valence-electron chi connectivity index (χ4n) is 4.01. The molecule has 0 radical (unpaired) electrons. The number of primary amides is 1. The van der Waals surface area contributed by atoms with E-state index in [1.165, 1.54) is 12.1 Å². The van der Waals surface area contributed by atoms with E-state index in [2.05, 4.69) is 5.32 Å². The zero-order valence-corrected chi connectivity index (χ0v) is 17.7. The van der Waals surface area contributed by atoms with E-state index in [0.717, 1.165) is 29.7 Å². The molecule has 0 unspecified atom stereocenters. The topological polar surface area (TPSA) is 75.4 Å². The van der Waals surface area contributed by atoms with E-state index in [1.807, 2.05) is 17.0 Å². The van der Waals surface area contributed by atoms with Crippen molar-refractivity contribution in [2.45, 2.75) is 19.1 Å². The monoisotopic (exact) mass is 453 g/mol. The normalized spacial score (nSPS) is 13.9. The van der Waals surface area contributed by atoms with Gasteiger partial charge in [-0.2, -0.15) is 13.2 Å². The lowest BCUT2D eigenvalue weighted by molar-refractivity contribution is -0.137. The van der Waals surface area contributed by atoms with Crippen LogP contribution in [0.25, 0.3) is 11.1 Å². The molecule has 0 saturated carbocycles. The highest BCUT2D eigenvalue weighted by atomic mass is 19.4. The van der Waals surface area contributed by atoms with Gasteiger partial charge in [-0.3, -0.25) is 14.5 Å². The fourth-order valence-corrected chi connectivity index (χ4v) is 4.01. The summed E-state index contributed by atoms with van der Waals surface area (Å²) in [6, 6.07) is 17.2. The van der Waals surface area contributed by atoms with Gasteiger partial charge in [0.2, 0.25) is 5.91 Å². The molecule has 5 nitrogen and oxygen atoms in total. The first-order valence-electron chi connectivity index (χ1n) is 10.4. The van der Waals surface area contributed by atoms with Gasteiger partial charge in [0, 0.05) is 24.3 Å². The largest absolute Gasteiger partial charge is 0.416 e. The lowest BCUT2D eigenvalue weighted by Crippen LogP contribution is -2.37. The summed E-state index contributed by atoms with van der Waals surface area (Å²) in [6.07, 6.45) is -3.69. The Morgan fingerprint density at radius 3 is 2.39 bits per heavy atom. The minimum Gasteiger partial charge on any atom is -0.369 e. The van der Waals surface area contributed by atoms with Gasteiger partial charge >= 0.3 is 6.18 Å². The van der Waals surface area contributed by atoms with Gasteiger partial charge in [-0.15, -0.1) is 0 Å². The summed E-state index contributed by atoms with van der Waals surface area (Å²) in [7, 11) is 0. The van der Waals surface area contributed by atoms with Crippen LogP contribution >= 0.6 is 0 Å². The van der Waals surface area contributed by atoms with Gasteiger partial charge in [0.25, 0.3) is 5.91 Å². The van der Waals surface area contributed by atoms with Gasteiger partial charge in [0.05, 0.1) is 12.1 Å². The van der Waals surface area contributed by atoms with Crippen LogP contribution in [-0.4, -0.2) is 29.8 Å². The Bertz CT molecular complexity index is 1190. The second kappa shape index (κ2) is 9.07. The molecule has 0 spiro atoms. The SMILES string of the molecule is NC(=O)CN1CCc2cc(NC(=O)c3ccccc3-c3ccc(C(F)(F)F)cc3)ccc2C1. The van der Waals surface area contributed by atoms with Crippen LogP contribution in [0.3, 0.4) is 0 Å². The number of anilines is 1. The van der Waals surface area contributed by atoms with Gasteiger partial charge in [-0.25, -0.2) is 0 Å². The number of carbonyl (C=O) groups is 2. The second-order valence-electron chi connectivity index (χ2n) is 7.99. The van der Waals surface area contributed by atoms with Crippen LogP contribution in [0.15, 0.2) is 66.7 Å². The highest BCUT2D eigenvalue weighted by Crippen LogP contribution is 2.32. The highest BCUT2D eigenvalue weighted by Gasteiger charge is 2.30. The zero-order chi connectivity index (χ0) is 23.6. The lowest BCUT2D eigenvalue weighted by atomic mass is 9.97. The first kappa shape index (κ1) is 22.5. The Hall–Kier alpha value is -3.65. The summed E-state index contributed by atoms with van der Waals surface area (Å²) in [4.78, 5) is 26.2.